The first-order valence-corrected chi connectivity index (χ1v) is 9.43. The highest BCUT2D eigenvalue weighted by Crippen LogP contribution is 2.32. The van der Waals surface area contributed by atoms with Gasteiger partial charge in [-0.15, -0.1) is 10.2 Å². The maximum atomic E-state index is 4.64. The zero-order valence-corrected chi connectivity index (χ0v) is 16.4. The number of allylic oxidation sites excluding steroid dienone is 1. The molecule has 130 valence electrons. The van der Waals surface area contributed by atoms with E-state index in [0.29, 0.717) is 6.54 Å². The van der Waals surface area contributed by atoms with Crippen molar-refractivity contribution in [2.45, 2.75) is 49.2 Å². The average Bonchev–Trinajstić information content (AvgIpc) is 3.16. The highest BCUT2D eigenvalue weighted by Gasteiger charge is 2.22. The minimum Gasteiger partial charge on any atom is -0.298 e. The Morgan fingerprint density at radius 1 is 1.24 bits per heavy atom. The predicted molar refractivity (Wildman–Crippen MR) is 101 cm³/mol. The van der Waals surface area contributed by atoms with Gasteiger partial charge in [0.1, 0.15) is 5.82 Å². The van der Waals surface area contributed by atoms with Gasteiger partial charge in [0.2, 0.25) is 0 Å². The molecule has 3 heterocycles. The van der Waals surface area contributed by atoms with Gasteiger partial charge >= 0.3 is 0 Å². The molecule has 0 amide bonds. The van der Waals surface area contributed by atoms with Crippen molar-refractivity contribution < 1.29 is 0 Å². The molecular formula is C17H20N6S2. The molecule has 0 spiro atoms. The Morgan fingerprint density at radius 2 is 1.96 bits per heavy atom. The highest BCUT2D eigenvalue weighted by molar-refractivity contribution is 8.00. The lowest BCUT2D eigenvalue weighted by atomic mass is 9.96. The molecule has 3 rings (SSSR count). The van der Waals surface area contributed by atoms with E-state index in [1.54, 1.807) is 12.4 Å². The Labute approximate surface area is 155 Å². The van der Waals surface area contributed by atoms with E-state index in [4.69, 9.17) is 0 Å². The summed E-state index contributed by atoms with van der Waals surface area (Å²) in [5, 5.41) is 9.52. The molecule has 3 aromatic heterocycles. The van der Waals surface area contributed by atoms with Crippen molar-refractivity contribution in [3.05, 3.63) is 42.5 Å². The SMILES string of the molecule is C=C(C)Cn1c(Sc2nc(C(C)(C)C)ns2)nnc1-c1ccncc1. The van der Waals surface area contributed by atoms with Crippen molar-refractivity contribution in [1.29, 1.82) is 0 Å². The fourth-order valence-corrected chi connectivity index (χ4v) is 3.85. The summed E-state index contributed by atoms with van der Waals surface area (Å²) in [6, 6.07) is 3.85. The van der Waals surface area contributed by atoms with Gasteiger partial charge in [-0.3, -0.25) is 9.55 Å². The lowest BCUT2D eigenvalue weighted by Gasteiger charge is -2.12. The Morgan fingerprint density at radius 3 is 2.56 bits per heavy atom. The van der Waals surface area contributed by atoms with E-state index >= 15 is 0 Å². The van der Waals surface area contributed by atoms with E-state index in [0.717, 1.165) is 32.3 Å². The van der Waals surface area contributed by atoms with Crippen LogP contribution in [0.4, 0.5) is 0 Å². The van der Waals surface area contributed by atoms with E-state index in [1.165, 1.54) is 23.3 Å². The minimum atomic E-state index is -0.0666. The van der Waals surface area contributed by atoms with Gasteiger partial charge in [-0.05, 0) is 42.4 Å². The normalized spacial score (nSPS) is 11.7. The number of hydrogen-bond donors (Lipinski definition) is 0. The zero-order chi connectivity index (χ0) is 18.0. The van der Waals surface area contributed by atoms with Crippen LogP contribution in [0.15, 0.2) is 46.2 Å². The summed E-state index contributed by atoms with van der Waals surface area (Å²) in [5.41, 5.74) is 1.94. The quantitative estimate of drug-likeness (QED) is 0.625. The molecule has 0 atom stereocenters. The second-order valence-electron chi connectivity index (χ2n) is 6.82. The Bertz CT molecular complexity index is 876. The summed E-state index contributed by atoms with van der Waals surface area (Å²) in [7, 11) is 0. The van der Waals surface area contributed by atoms with E-state index in [-0.39, 0.29) is 5.41 Å². The molecule has 6 nitrogen and oxygen atoms in total. The Hall–Kier alpha value is -2.06. The van der Waals surface area contributed by atoms with Gasteiger partial charge in [0.25, 0.3) is 0 Å². The molecule has 3 aromatic rings. The maximum absolute atomic E-state index is 4.64. The molecule has 8 heteroatoms. The van der Waals surface area contributed by atoms with Gasteiger partial charge in [0.15, 0.2) is 15.3 Å². The van der Waals surface area contributed by atoms with Crippen molar-refractivity contribution in [2.24, 2.45) is 0 Å². The minimum absolute atomic E-state index is 0.0666. The van der Waals surface area contributed by atoms with Crippen LogP contribution in [0.2, 0.25) is 0 Å². The topological polar surface area (TPSA) is 69.4 Å². The smallest absolute Gasteiger partial charge is 0.198 e. The number of pyridine rings is 1. The molecule has 0 aromatic carbocycles. The van der Waals surface area contributed by atoms with Crippen LogP contribution in [-0.4, -0.2) is 29.1 Å². The number of hydrogen-bond acceptors (Lipinski definition) is 7. The van der Waals surface area contributed by atoms with Gasteiger partial charge in [-0.2, -0.15) is 4.37 Å². The lowest BCUT2D eigenvalue weighted by Crippen LogP contribution is -2.12. The van der Waals surface area contributed by atoms with Crippen LogP contribution in [-0.2, 0) is 12.0 Å². The molecule has 0 N–H and O–H groups in total. The average molecular weight is 373 g/mol. The molecular weight excluding hydrogens is 352 g/mol. The van der Waals surface area contributed by atoms with Crippen molar-refractivity contribution in [3.8, 4) is 11.4 Å². The van der Waals surface area contributed by atoms with Crippen LogP contribution >= 0.6 is 23.3 Å². The number of aromatic nitrogens is 6. The van der Waals surface area contributed by atoms with E-state index in [1.807, 2.05) is 19.1 Å². The lowest BCUT2D eigenvalue weighted by molar-refractivity contribution is 0.551. The summed E-state index contributed by atoms with van der Waals surface area (Å²) in [4.78, 5) is 8.70. The molecule has 0 saturated carbocycles. The van der Waals surface area contributed by atoms with E-state index in [9.17, 15) is 0 Å². The molecule has 0 bridgehead atoms. The van der Waals surface area contributed by atoms with E-state index in [2.05, 4.69) is 56.5 Å². The third-order valence-corrected chi connectivity index (χ3v) is 5.08. The van der Waals surface area contributed by atoms with Crippen molar-refractivity contribution in [3.63, 3.8) is 0 Å². The first-order chi connectivity index (χ1) is 11.8. The highest BCUT2D eigenvalue weighted by atomic mass is 32.2. The van der Waals surface area contributed by atoms with Crippen molar-refractivity contribution in [1.82, 2.24) is 29.1 Å². The predicted octanol–water partition coefficient (Wildman–Crippen LogP) is 4.22. The largest absolute Gasteiger partial charge is 0.298 e. The summed E-state index contributed by atoms with van der Waals surface area (Å²) >= 11 is 2.88. The molecule has 25 heavy (non-hydrogen) atoms. The van der Waals surface area contributed by atoms with Gasteiger partial charge in [-0.25, -0.2) is 4.98 Å². The van der Waals surface area contributed by atoms with Crippen LogP contribution < -0.4 is 0 Å². The van der Waals surface area contributed by atoms with Crippen LogP contribution in [0.1, 0.15) is 33.5 Å². The van der Waals surface area contributed by atoms with Gasteiger partial charge < -0.3 is 0 Å². The van der Waals surface area contributed by atoms with Crippen molar-refractivity contribution >= 4 is 23.3 Å². The zero-order valence-electron chi connectivity index (χ0n) is 14.7. The molecule has 0 aliphatic carbocycles. The van der Waals surface area contributed by atoms with Crippen molar-refractivity contribution in [2.75, 3.05) is 0 Å². The monoisotopic (exact) mass is 372 g/mol. The Balaban J connectivity index is 1.95. The van der Waals surface area contributed by atoms with Gasteiger partial charge in [0.05, 0.1) is 0 Å². The first-order valence-electron chi connectivity index (χ1n) is 7.84. The summed E-state index contributed by atoms with van der Waals surface area (Å²) < 4.78 is 7.38. The molecule has 0 unspecified atom stereocenters. The van der Waals surface area contributed by atoms with Crippen LogP contribution in [0.5, 0.6) is 0 Å². The molecule has 0 aliphatic rings. The molecule has 0 fully saturated rings. The van der Waals surface area contributed by atoms with Crippen LogP contribution in [0.25, 0.3) is 11.4 Å². The second kappa shape index (κ2) is 7.05. The summed E-state index contributed by atoms with van der Waals surface area (Å²) in [6.07, 6.45) is 3.50. The maximum Gasteiger partial charge on any atom is 0.198 e. The number of rotatable bonds is 5. The molecule has 0 saturated heterocycles. The van der Waals surface area contributed by atoms with Crippen LogP contribution in [0.3, 0.4) is 0 Å². The first kappa shape index (κ1) is 17.8. The molecule has 0 radical (unpaired) electrons. The summed E-state index contributed by atoms with van der Waals surface area (Å²) in [6.45, 7) is 13.0. The Kier molecular flexibility index (Phi) is 5.01. The van der Waals surface area contributed by atoms with Gasteiger partial charge in [-0.1, -0.05) is 32.9 Å². The van der Waals surface area contributed by atoms with E-state index < -0.39 is 0 Å². The summed E-state index contributed by atoms with van der Waals surface area (Å²) in [5.74, 6) is 1.65. The van der Waals surface area contributed by atoms with Crippen LogP contribution in [0, 0.1) is 0 Å². The standard InChI is InChI=1S/C17H20N6S2/c1-11(2)10-23-13(12-6-8-18-9-7-12)20-21-15(23)24-16-19-14(22-25-16)17(3,4)5/h6-9H,1,10H2,2-5H3. The fraction of sp³-hybridized carbons (Fsp3) is 0.353. The second-order valence-corrected chi connectivity index (χ2v) is 8.79. The third-order valence-electron chi connectivity index (χ3n) is 3.34. The molecule has 0 aliphatic heterocycles. The third kappa shape index (κ3) is 4.13. The van der Waals surface area contributed by atoms with Gasteiger partial charge in [0, 0.05) is 29.9 Å². The number of nitrogens with zero attached hydrogens (tertiary/aromatic N) is 6. The fourth-order valence-electron chi connectivity index (χ4n) is 2.12.